The third-order valence-electron chi connectivity index (χ3n) is 4.35. The quantitative estimate of drug-likeness (QED) is 0.839. The predicted octanol–water partition coefficient (Wildman–Crippen LogP) is 0.233. The van der Waals surface area contributed by atoms with E-state index in [1.807, 2.05) is 0 Å². The third kappa shape index (κ3) is 2.63. The summed E-state index contributed by atoms with van der Waals surface area (Å²) in [5.41, 5.74) is 0.490. The number of ether oxygens (including phenoxy) is 2. The maximum absolute atomic E-state index is 13.7. The van der Waals surface area contributed by atoms with E-state index in [9.17, 15) is 9.50 Å². The number of pyridine rings is 1. The summed E-state index contributed by atoms with van der Waals surface area (Å²) in [6.45, 7) is 0.655. The Morgan fingerprint density at radius 2 is 2.35 bits per heavy atom. The highest BCUT2D eigenvalue weighted by atomic mass is 19.1. The lowest BCUT2D eigenvalue weighted by Crippen LogP contribution is -2.57. The Morgan fingerprint density at radius 1 is 1.43 bits per heavy atom. The van der Waals surface area contributed by atoms with Crippen LogP contribution in [0, 0.1) is 5.82 Å². The summed E-state index contributed by atoms with van der Waals surface area (Å²) < 4.78 is 26.8. The van der Waals surface area contributed by atoms with Crippen molar-refractivity contribution in [1.82, 2.24) is 20.1 Å². The van der Waals surface area contributed by atoms with Crippen LogP contribution in [0.3, 0.4) is 0 Å². The highest BCUT2D eigenvalue weighted by Gasteiger charge is 2.51. The van der Waals surface area contributed by atoms with Crippen LogP contribution in [0.4, 0.5) is 4.39 Å². The second kappa shape index (κ2) is 5.97. The van der Waals surface area contributed by atoms with Crippen LogP contribution in [0.1, 0.15) is 11.6 Å². The van der Waals surface area contributed by atoms with Crippen LogP contribution in [-0.4, -0.2) is 51.0 Å². The molecule has 2 fully saturated rings. The zero-order valence-corrected chi connectivity index (χ0v) is 12.2. The Morgan fingerprint density at radius 3 is 3.13 bits per heavy atom. The Labute approximate surface area is 132 Å². The molecule has 2 aliphatic rings. The fourth-order valence-corrected chi connectivity index (χ4v) is 3.17. The molecule has 2 aromatic heterocycles. The Kier molecular flexibility index (Phi) is 3.82. The maximum Gasteiger partial charge on any atom is 0.183 e. The van der Waals surface area contributed by atoms with Gasteiger partial charge >= 0.3 is 0 Å². The van der Waals surface area contributed by atoms with Gasteiger partial charge in [0.05, 0.1) is 24.9 Å². The molecule has 8 heteroatoms. The molecule has 2 bridgehead atoms. The molecule has 0 spiro atoms. The van der Waals surface area contributed by atoms with Gasteiger partial charge in [0.25, 0.3) is 0 Å². The zero-order chi connectivity index (χ0) is 15.8. The summed E-state index contributed by atoms with van der Waals surface area (Å²) >= 11 is 0. The van der Waals surface area contributed by atoms with Crippen LogP contribution in [0.25, 0.3) is 0 Å². The van der Waals surface area contributed by atoms with Gasteiger partial charge < -0.3 is 19.9 Å². The van der Waals surface area contributed by atoms with Crippen molar-refractivity contribution in [1.29, 1.82) is 0 Å². The van der Waals surface area contributed by atoms with Crippen molar-refractivity contribution in [2.24, 2.45) is 0 Å². The van der Waals surface area contributed by atoms with Crippen molar-refractivity contribution in [3.8, 4) is 0 Å². The van der Waals surface area contributed by atoms with Gasteiger partial charge in [0.1, 0.15) is 18.0 Å². The van der Waals surface area contributed by atoms with E-state index in [2.05, 4.69) is 15.4 Å². The van der Waals surface area contributed by atoms with E-state index in [1.165, 1.54) is 12.4 Å². The summed E-state index contributed by atoms with van der Waals surface area (Å²) in [5, 5.41) is 18.1. The molecule has 4 rings (SSSR count). The minimum atomic E-state index is -0.758. The van der Waals surface area contributed by atoms with Crippen molar-refractivity contribution < 1.29 is 19.0 Å². The topological polar surface area (TPSA) is 81.4 Å². The Balaban J connectivity index is 1.52. The molecule has 2 N–H and O–H groups in total. The van der Waals surface area contributed by atoms with E-state index in [4.69, 9.17) is 9.47 Å². The number of hydrogen-bond acceptors (Lipinski definition) is 6. The first-order chi connectivity index (χ1) is 11.2. The molecule has 0 aromatic carbocycles. The summed E-state index contributed by atoms with van der Waals surface area (Å²) in [6, 6.07) is 2.57. The molecule has 23 heavy (non-hydrogen) atoms. The number of nitrogens with zero attached hydrogens (tertiary/aromatic N) is 3. The van der Waals surface area contributed by atoms with E-state index in [1.54, 1.807) is 29.2 Å². The summed E-state index contributed by atoms with van der Waals surface area (Å²) in [7, 11) is 0. The molecule has 4 heterocycles. The second-order valence-corrected chi connectivity index (χ2v) is 5.72. The van der Waals surface area contributed by atoms with Gasteiger partial charge in [-0.1, -0.05) is 0 Å². The minimum absolute atomic E-state index is 0.270. The summed E-state index contributed by atoms with van der Waals surface area (Å²) in [6.07, 6.45) is 4.56. The largest absolute Gasteiger partial charge is 0.389 e. The average molecular weight is 320 g/mol. The number of fused-ring (bicyclic) bond motifs is 2. The SMILES string of the molecule is O[C@H]1[C@H](NCc2ccncc2F)[C@H]2CO[C@H](O2)[C@@H]1n1cccn1. The molecule has 0 amide bonds. The van der Waals surface area contributed by atoms with E-state index in [0.717, 1.165) is 0 Å². The van der Waals surface area contributed by atoms with Crippen LogP contribution in [0.2, 0.25) is 0 Å². The van der Waals surface area contributed by atoms with E-state index >= 15 is 0 Å². The molecule has 0 unspecified atom stereocenters. The van der Waals surface area contributed by atoms with Gasteiger partial charge in [0.2, 0.25) is 0 Å². The van der Waals surface area contributed by atoms with Crippen LogP contribution >= 0.6 is 0 Å². The van der Waals surface area contributed by atoms with Crippen LogP contribution < -0.4 is 5.32 Å². The first kappa shape index (κ1) is 14.7. The number of aliphatic hydroxyl groups excluding tert-OH is 1. The first-order valence-corrected chi connectivity index (χ1v) is 7.50. The lowest BCUT2D eigenvalue weighted by Gasteiger charge is -2.38. The van der Waals surface area contributed by atoms with Crippen molar-refractivity contribution in [2.45, 2.75) is 37.1 Å². The molecule has 122 valence electrons. The van der Waals surface area contributed by atoms with Crippen molar-refractivity contribution in [2.75, 3.05) is 6.61 Å². The van der Waals surface area contributed by atoms with Gasteiger partial charge in [0, 0.05) is 30.7 Å². The number of aliphatic hydroxyl groups is 1. The fourth-order valence-electron chi connectivity index (χ4n) is 3.17. The normalized spacial score (nSPS) is 33.0. The van der Waals surface area contributed by atoms with Crippen molar-refractivity contribution >= 4 is 0 Å². The molecule has 2 aromatic rings. The highest BCUT2D eigenvalue weighted by molar-refractivity contribution is 5.13. The maximum atomic E-state index is 13.7. The van der Waals surface area contributed by atoms with Gasteiger partial charge in [-0.15, -0.1) is 0 Å². The molecule has 0 saturated carbocycles. The van der Waals surface area contributed by atoms with E-state index in [-0.39, 0.29) is 24.5 Å². The van der Waals surface area contributed by atoms with Gasteiger partial charge in [0.15, 0.2) is 6.29 Å². The fraction of sp³-hybridized carbons (Fsp3) is 0.467. The van der Waals surface area contributed by atoms with E-state index in [0.29, 0.717) is 12.2 Å². The molecule has 0 aliphatic carbocycles. The van der Waals surface area contributed by atoms with Crippen molar-refractivity contribution in [3.05, 3.63) is 48.3 Å². The molecule has 0 radical (unpaired) electrons. The number of aromatic nitrogens is 3. The average Bonchev–Trinajstić information content (AvgIpc) is 3.21. The Bertz CT molecular complexity index is 669. The predicted molar refractivity (Wildman–Crippen MR) is 76.7 cm³/mol. The number of hydrogen-bond donors (Lipinski definition) is 2. The molecular formula is C15H17FN4O3. The smallest absolute Gasteiger partial charge is 0.183 e. The van der Waals surface area contributed by atoms with Crippen LogP contribution in [-0.2, 0) is 16.0 Å². The molecular weight excluding hydrogens is 303 g/mol. The first-order valence-electron chi connectivity index (χ1n) is 7.50. The Hall–Kier alpha value is -1.87. The third-order valence-corrected chi connectivity index (χ3v) is 4.35. The highest BCUT2D eigenvalue weighted by Crippen LogP contribution is 2.35. The molecule has 2 saturated heterocycles. The van der Waals surface area contributed by atoms with Crippen LogP contribution in [0.15, 0.2) is 36.9 Å². The number of rotatable bonds is 4. The van der Waals surface area contributed by atoms with Gasteiger partial charge in [-0.25, -0.2) is 4.39 Å². The molecule has 7 nitrogen and oxygen atoms in total. The minimum Gasteiger partial charge on any atom is -0.389 e. The van der Waals surface area contributed by atoms with Crippen molar-refractivity contribution in [3.63, 3.8) is 0 Å². The summed E-state index contributed by atoms with van der Waals surface area (Å²) in [5.74, 6) is -0.379. The molecule has 5 atom stereocenters. The van der Waals surface area contributed by atoms with Gasteiger partial charge in [-0.2, -0.15) is 5.10 Å². The monoisotopic (exact) mass is 320 g/mol. The lowest BCUT2D eigenvalue weighted by atomic mass is 9.96. The summed E-state index contributed by atoms with van der Waals surface area (Å²) in [4.78, 5) is 3.73. The zero-order valence-electron chi connectivity index (χ0n) is 12.2. The molecule has 2 aliphatic heterocycles. The van der Waals surface area contributed by atoms with Crippen LogP contribution in [0.5, 0.6) is 0 Å². The lowest BCUT2D eigenvalue weighted by molar-refractivity contribution is -0.168. The van der Waals surface area contributed by atoms with Gasteiger partial charge in [-0.3, -0.25) is 9.67 Å². The number of halogens is 1. The standard InChI is InChI=1S/C15H17FN4O3/c16-10-7-17-4-2-9(10)6-18-12-11-8-22-15(23-11)13(14(12)21)20-5-1-3-19-20/h1-5,7,11-15,18,21H,6,8H2/t11-,12-,13-,14+,15-/m1/s1. The van der Waals surface area contributed by atoms with Gasteiger partial charge in [-0.05, 0) is 12.1 Å². The van der Waals surface area contributed by atoms with E-state index < -0.39 is 18.4 Å². The second-order valence-electron chi connectivity index (χ2n) is 5.72. The number of nitrogens with one attached hydrogen (secondary N) is 1.